The normalized spacial score (nSPS) is 13.8. The summed E-state index contributed by atoms with van der Waals surface area (Å²) in [6.07, 6.45) is 1.63. The monoisotopic (exact) mass is 251 g/mol. The van der Waals surface area contributed by atoms with Crippen LogP contribution in [0.1, 0.15) is 22.2 Å². The van der Waals surface area contributed by atoms with Crippen molar-refractivity contribution < 1.29 is 23.9 Å². The fourth-order valence-corrected chi connectivity index (χ4v) is 1.54. The van der Waals surface area contributed by atoms with Gasteiger partial charge in [-0.2, -0.15) is 0 Å². The predicted octanol–water partition coefficient (Wildman–Crippen LogP) is 1.90. The molecule has 7 nitrogen and oxygen atoms in total. The molecular weight excluding hydrogens is 242 g/mol. The second-order valence-electron chi connectivity index (χ2n) is 3.40. The Kier molecular flexibility index (Phi) is 3.13. The highest BCUT2D eigenvalue weighted by molar-refractivity contribution is 5.90. The fraction of sp³-hybridized carbons (Fsp3) is 0.182. The van der Waals surface area contributed by atoms with Gasteiger partial charge in [-0.25, -0.2) is 4.79 Å². The van der Waals surface area contributed by atoms with E-state index in [4.69, 9.17) is 9.47 Å². The van der Waals surface area contributed by atoms with E-state index < -0.39 is 17.2 Å². The van der Waals surface area contributed by atoms with Gasteiger partial charge in [0.15, 0.2) is 0 Å². The molecule has 0 unspecified atom stereocenters. The number of carbonyl (C=O) groups is 1. The zero-order chi connectivity index (χ0) is 13.1. The minimum absolute atomic E-state index is 0.160. The molecule has 18 heavy (non-hydrogen) atoms. The van der Waals surface area contributed by atoms with Gasteiger partial charge in [-0.1, -0.05) is 0 Å². The molecule has 0 amide bonds. The molecule has 0 radical (unpaired) electrons. The summed E-state index contributed by atoms with van der Waals surface area (Å²) in [7, 11) is 1.23. The van der Waals surface area contributed by atoms with E-state index in [0.29, 0.717) is 0 Å². The molecule has 0 fully saturated rings. The summed E-state index contributed by atoms with van der Waals surface area (Å²) in [6, 6.07) is 3.85. The molecule has 0 bridgehead atoms. The van der Waals surface area contributed by atoms with Gasteiger partial charge < -0.3 is 14.2 Å². The zero-order valence-electron chi connectivity index (χ0n) is 9.36. The van der Waals surface area contributed by atoms with Crippen molar-refractivity contribution in [1.82, 2.24) is 0 Å². The average Bonchev–Trinajstić information content (AvgIpc) is 2.90. The van der Waals surface area contributed by atoms with Crippen LogP contribution in [0.2, 0.25) is 0 Å². The molecular formula is C11H9NO6. The van der Waals surface area contributed by atoms with Crippen molar-refractivity contribution in [2.75, 3.05) is 7.11 Å². The molecule has 0 saturated carbocycles. The van der Waals surface area contributed by atoms with E-state index in [0.717, 1.165) is 0 Å². The molecule has 1 aromatic carbocycles. The van der Waals surface area contributed by atoms with Crippen molar-refractivity contribution in [3.63, 3.8) is 0 Å². The van der Waals surface area contributed by atoms with Crippen molar-refractivity contribution in [2.24, 2.45) is 0 Å². The van der Waals surface area contributed by atoms with Crippen LogP contribution in [0.3, 0.4) is 0 Å². The third-order valence-electron chi connectivity index (χ3n) is 2.36. The summed E-state index contributed by atoms with van der Waals surface area (Å²) in [6.45, 7) is 0. The van der Waals surface area contributed by atoms with Crippen molar-refractivity contribution in [3.05, 3.63) is 52.0 Å². The number of nitrogens with zero attached hydrogens (tertiary/aromatic N) is 1. The number of hydrogen-bond donors (Lipinski definition) is 0. The second-order valence-corrected chi connectivity index (χ2v) is 3.40. The fourth-order valence-electron chi connectivity index (χ4n) is 1.54. The average molecular weight is 251 g/mol. The first-order valence-corrected chi connectivity index (χ1v) is 4.96. The Balaban J connectivity index is 2.44. The molecule has 2 rings (SSSR count). The van der Waals surface area contributed by atoms with E-state index in [1.165, 1.54) is 37.8 Å². The van der Waals surface area contributed by atoms with Gasteiger partial charge in [0.2, 0.25) is 0 Å². The Morgan fingerprint density at radius 1 is 1.39 bits per heavy atom. The van der Waals surface area contributed by atoms with Gasteiger partial charge in [-0.15, -0.1) is 0 Å². The van der Waals surface area contributed by atoms with Gasteiger partial charge in [-0.3, -0.25) is 10.1 Å². The molecule has 1 aromatic rings. The number of benzene rings is 1. The van der Waals surface area contributed by atoms with Crippen LogP contribution in [-0.2, 0) is 14.2 Å². The molecule has 7 heteroatoms. The molecule has 1 aliphatic heterocycles. The first-order chi connectivity index (χ1) is 8.63. The van der Waals surface area contributed by atoms with Crippen LogP contribution < -0.4 is 0 Å². The van der Waals surface area contributed by atoms with Crippen LogP contribution >= 0.6 is 0 Å². The van der Waals surface area contributed by atoms with E-state index in [1.807, 2.05) is 0 Å². The number of nitro groups is 1. The molecule has 94 valence electrons. The lowest BCUT2D eigenvalue weighted by atomic mass is 10.1. The van der Waals surface area contributed by atoms with Crippen molar-refractivity contribution in [3.8, 4) is 0 Å². The maximum Gasteiger partial charge on any atom is 0.337 e. The topological polar surface area (TPSA) is 87.9 Å². The van der Waals surface area contributed by atoms with E-state index in [9.17, 15) is 14.9 Å². The summed E-state index contributed by atoms with van der Waals surface area (Å²) in [4.78, 5) is 21.7. The lowest BCUT2D eigenvalue weighted by Crippen LogP contribution is -2.07. The van der Waals surface area contributed by atoms with Crippen molar-refractivity contribution in [2.45, 2.75) is 6.29 Å². The summed E-state index contributed by atoms with van der Waals surface area (Å²) < 4.78 is 14.6. The highest BCUT2D eigenvalue weighted by atomic mass is 16.7. The molecule has 0 spiro atoms. The first-order valence-electron chi connectivity index (χ1n) is 4.96. The number of methoxy groups -OCH3 is 1. The summed E-state index contributed by atoms with van der Waals surface area (Å²) in [5.41, 5.74) is 0.168. The van der Waals surface area contributed by atoms with Crippen LogP contribution in [0.5, 0.6) is 0 Å². The Bertz CT molecular complexity index is 516. The third kappa shape index (κ3) is 2.10. The highest BCUT2D eigenvalue weighted by Crippen LogP contribution is 2.32. The van der Waals surface area contributed by atoms with E-state index in [2.05, 4.69) is 4.74 Å². The van der Waals surface area contributed by atoms with Gasteiger partial charge in [0.1, 0.15) is 18.1 Å². The number of carbonyl (C=O) groups excluding carboxylic acids is 1. The molecule has 1 heterocycles. The van der Waals surface area contributed by atoms with Gasteiger partial charge in [0.25, 0.3) is 12.0 Å². The van der Waals surface area contributed by atoms with Crippen LogP contribution in [0.15, 0.2) is 30.7 Å². The van der Waals surface area contributed by atoms with Gasteiger partial charge in [-0.05, 0) is 12.1 Å². The molecule has 0 N–H and O–H groups in total. The second kappa shape index (κ2) is 4.74. The summed E-state index contributed by atoms with van der Waals surface area (Å²) in [5.74, 6) is -0.586. The number of ether oxygens (including phenoxy) is 3. The maximum atomic E-state index is 11.4. The standard InChI is InChI=1S/C11H9NO6/c1-16-10(13)7-2-3-9(12(14)15)8(6-7)11-17-4-5-18-11/h2-6,11H,1H3. The predicted molar refractivity (Wildman–Crippen MR) is 58.5 cm³/mol. The smallest absolute Gasteiger partial charge is 0.337 e. The van der Waals surface area contributed by atoms with Crippen LogP contribution in [0, 0.1) is 10.1 Å². The Hall–Kier alpha value is -2.57. The van der Waals surface area contributed by atoms with Crippen LogP contribution in [0.25, 0.3) is 0 Å². The number of esters is 1. The highest BCUT2D eigenvalue weighted by Gasteiger charge is 2.27. The Morgan fingerprint density at radius 3 is 2.61 bits per heavy atom. The first kappa shape index (κ1) is 11.9. The molecule has 0 saturated heterocycles. The lowest BCUT2D eigenvalue weighted by molar-refractivity contribution is -0.386. The van der Waals surface area contributed by atoms with Crippen LogP contribution in [-0.4, -0.2) is 18.0 Å². The summed E-state index contributed by atoms with van der Waals surface area (Å²) >= 11 is 0. The van der Waals surface area contributed by atoms with Gasteiger partial charge in [0, 0.05) is 6.07 Å². The quantitative estimate of drug-likeness (QED) is 0.463. The maximum absolute atomic E-state index is 11.4. The Morgan fingerprint density at radius 2 is 2.06 bits per heavy atom. The summed E-state index contributed by atoms with van der Waals surface area (Å²) in [5, 5.41) is 10.9. The Labute approximate surface area is 102 Å². The number of hydrogen-bond acceptors (Lipinski definition) is 6. The number of rotatable bonds is 3. The molecule has 1 aliphatic rings. The minimum atomic E-state index is -0.921. The lowest BCUT2D eigenvalue weighted by Gasteiger charge is -2.11. The van der Waals surface area contributed by atoms with E-state index in [-0.39, 0.29) is 16.8 Å². The largest absolute Gasteiger partial charge is 0.465 e. The zero-order valence-corrected chi connectivity index (χ0v) is 9.36. The van der Waals surface area contributed by atoms with E-state index >= 15 is 0 Å². The third-order valence-corrected chi connectivity index (χ3v) is 2.36. The number of nitro benzene ring substituents is 1. The van der Waals surface area contributed by atoms with Crippen molar-refractivity contribution in [1.29, 1.82) is 0 Å². The minimum Gasteiger partial charge on any atom is -0.465 e. The molecule has 0 aliphatic carbocycles. The van der Waals surface area contributed by atoms with Crippen LogP contribution in [0.4, 0.5) is 5.69 Å². The van der Waals surface area contributed by atoms with Crippen molar-refractivity contribution >= 4 is 11.7 Å². The van der Waals surface area contributed by atoms with E-state index in [1.54, 1.807) is 0 Å². The molecule has 0 atom stereocenters. The molecule has 0 aromatic heterocycles. The SMILES string of the molecule is COC(=O)c1ccc([N+](=O)[O-])c(C2OC=CO2)c1. The van der Waals surface area contributed by atoms with Gasteiger partial charge in [0.05, 0.1) is 17.6 Å². The van der Waals surface area contributed by atoms with Gasteiger partial charge >= 0.3 is 5.97 Å².